The van der Waals surface area contributed by atoms with Crippen molar-refractivity contribution in [3.8, 4) is 5.75 Å². The van der Waals surface area contributed by atoms with Crippen LogP contribution in [0, 0.1) is 25.7 Å². The Labute approximate surface area is 163 Å². The van der Waals surface area contributed by atoms with Gasteiger partial charge in [0.15, 0.2) is 0 Å². The molecule has 5 heteroatoms. The average molecular weight is 378 g/mol. The van der Waals surface area contributed by atoms with Crippen molar-refractivity contribution in [3.05, 3.63) is 28.3 Å². The van der Waals surface area contributed by atoms with E-state index >= 15 is 0 Å². The molecule has 0 bridgehead atoms. The first-order chi connectivity index (χ1) is 12.9. The predicted octanol–water partition coefficient (Wildman–Crippen LogP) is 3.43. The van der Waals surface area contributed by atoms with Crippen LogP contribution in [0.1, 0.15) is 55.5 Å². The van der Waals surface area contributed by atoms with Crippen molar-refractivity contribution in [2.45, 2.75) is 53.6 Å². The second-order valence-corrected chi connectivity index (χ2v) is 7.50. The summed E-state index contributed by atoms with van der Waals surface area (Å²) < 4.78 is 10.9. The van der Waals surface area contributed by atoms with Gasteiger partial charge in [-0.3, -0.25) is 4.79 Å². The minimum atomic E-state index is -0.645. The van der Waals surface area contributed by atoms with Crippen LogP contribution >= 0.6 is 0 Å². The Bertz CT molecular complexity index is 654. The topological polar surface area (TPSA) is 59.0 Å². The lowest BCUT2D eigenvalue weighted by atomic mass is 9.72. The van der Waals surface area contributed by atoms with Crippen molar-refractivity contribution < 1.29 is 19.4 Å². The number of ether oxygens (including phenoxy) is 2. The second-order valence-electron chi connectivity index (χ2n) is 7.50. The monoisotopic (exact) mass is 377 g/mol. The smallest absolute Gasteiger partial charge is 0.225 e. The first-order valence-corrected chi connectivity index (χ1v) is 10.1. The first kappa shape index (κ1) is 21.7. The van der Waals surface area contributed by atoms with Gasteiger partial charge in [-0.2, -0.15) is 0 Å². The summed E-state index contributed by atoms with van der Waals surface area (Å²) in [7, 11) is 1.65. The fourth-order valence-corrected chi connectivity index (χ4v) is 4.29. The summed E-state index contributed by atoms with van der Waals surface area (Å²) in [5.74, 6) is 0.656. The number of nitrogens with zero attached hydrogens (tertiary/aromatic N) is 1. The molecule has 5 nitrogen and oxygen atoms in total. The maximum absolute atomic E-state index is 12.8. The van der Waals surface area contributed by atoms with E-state index in [1.54, 1.807) is 7.11 Å². The van der Waals surface area contributed by atoms with E-state index in [-0.39, 0.29) is 17.7 Å². The van der Waals surface area contributed by atoms with E-state index < -0.39 is 6.10 Å². The minimum absolute atomic E-state index is 0.0714. The molecular formula is C22H35NO4. The fraction of sp³-hybridized carbons (Fsp3) is 0.682. The van der Waals surface area contributed by atoms with E-state index in [0.717, 1.165) is 35.3 Å². The number of amides is 1. The number of carbonyl (C=O) groups is 1. The van der Waals surface area contributed by atoms with E-state index in [2.05, 4.69) is 13.0 Å². The van der Waals surface area contributed by atoms with Crippen LogP contribution in [0.4, 0.5) is 0 Å². The lowest BCUT2D eigenvalue weighted by Crippen LogP contribution is -2.40. The maximum Gasteiger partial charge on any atom is 0.225 e. The number of hydrogen-bond acceptors (Lipinski definition) is 4. The SMILES string of the molecule is CCN(CC)C(=O)[C@@H](C)[C@H]1CCc2c(C)cc(OCCOC)c(C)c2[C@@H]1O. The van der Waals surface area contributed by atoms with Gasteiger partial charge in [-0.25, -0.2) is 0 Å². The highest BCUT2D eigenvalue weighted by Gasteiger charge is 2.38. The maximum atomic E-state index is 12.8. The zero-order valence-electron chi connectivity index (χ0n) is 17.7. The molecule has 27 heavy (non-hydrogen) atoms. The summed E-state index contributed by atoms with van der Waals surface area (Å²) in [6, 6.07) is 2.06. The molecule has 152 valence electrons. The van der Waals surface area contributed by atoms with Gasteiger partial charge in [0.05, 0.1) is 12.7 Å². The standard InChI is InChI=1S/C22H35NO4/c1-7-23(8-2)22(25)15(4)18-10-9-17-14(3)13-19(27-12-11-26-6)16(5)20(17)21(18)24/h13,15,18,21,24H,7-12H2,1-6H3/t15-,18+,21+/m0/s1. The Kier molecular flexibility index (Phi) is 7.68. The van der Waals surface area contributed by atoms with Crippen LogP contribution < -0.4 is 4.74 Å². The Morgan fingerprint density at radius 2 is 1.96 bits per heavy atom. The first-order valence-electron chi connectivity index (χ1n) is 10.1. The molecule has 1 aromatic rings. The third kappa shape index (κ3) is 4.46. The van der Waals surface area contributed by atoms with E-state index in [4.69, 9.17) is 9.47 Å². The van der Waals surface area contributed by atoms with Gasteiger partial charge in [-0.05, 0) is 68.9 Å². The van der Waals surface area contributed by atoms with Crippen molar-refractivity contribution in [2.75, 3.05) is 33.4 Å². The van der Waals surface area contributed by atoms with Crippen LogP contribution in [0.2, 0.25) is 0 Å². The van der Waals surface area contributed by atoms with Gasteiger partial charge in [0.2, 0.25) is 5.91 Å². The van der Waals surface area contributed by atoms with Crippen molar-refractivity contribution >= 4 is 5.91 Å². The average Bonchev–Trinajstić information content (AvgIpc) is 2.66. The second kappa shape index (κ2) is 9.56. The van der Waals surface area contributed by atoms with Crippen LogP contribution in [0.3, 0.4) is 0 Å². The van der Waals surface area contributed by atoms with Gasteiger partial charge in [0, 0.05) is 32.0 Å². The largest absolute Gasteiger partial charge is 0.491 e. The Morgan fingerprint density at radius 3 is 2.56 bits per heavy atom. The van der Waals surface area contributed by atoms with Crippen LogP contribution in [0.5, 0.6) is 5.75 Å². The summed E-state index contributed by atoms with van der Waals surface area (Å²) in [6.45, 7) is 12.4. The zero-order chi connectivity index (χ0) is 20.1. The summed E-state index contributed by atoms with van der Waals surface area (Å²) >= 11 is 0. The van der Waals surface area contributed by atoms with Crippen LogP contribution in [-0.2, 0) is 16.0 Å². The highest BCUT2D eigenvalue weighted by molar-refractivity contribution is 5.79. The Hall–Kier alpha value is -1.59. The molecule has 1 aromatic carbocycles. The molecule has 3 atom stereocenters. The molecule has 0 unspecified atom stereocenters. The van der Waals surface area contributed by atoms with Gasteiger partial charge in [0.1, 0.15) is 12.4 Å². The number of carbonyl (C=O) groups excluding carboxylic acids is 1. The number of rotatable bonds is 8. The third-order valence-electron chi connectivity index (χ3n) is 6.00. The van der Waals surface area contributed by atoms with E-state index in [0.29, 0.717) is 26.3 Å². The van der Waals surface area contributed by atoms with E-state index in [1.807, 2.05) is 32.6 Å². The van der Waals surface area contributed by atoms with E-state index in [1.165, 1.54) is 5.56 Å². The number of fused-ring (bicyclic) bond motifs is 1. The summed E-state index contributed by atoms with van der Waals surface area (Å²) in [4.78, 5) is 14.7. The normalized spacial score (nSPS) is 20.1. The molecule has 0 radical (unpaired) electrons. The molecular weight excluding hydrogens is 342 g/mol. The number of hydrogen-bond donors (Lipinski definition) is 1. The van der Waals surface area contributed by atoms with Crippen molar-refractivity contribution in [3.63, 3.8) is 0 Å². The highest BCUT2D eigenvalue weighted by atomic mass is 16.5. The summed E-state index contributed by atoms with van der Waals surface area (Å²) in [5, 5.41) is 11.2. The van der Waals surface area contributed by atoms with E-state index in [9.17, 15) is 9.90 Å². The van der Waals surface area contributed by atoms with Gasteiger partial charge in [0.25, 0.3) is 0 Å². The molecule has 0 aliphatic heterocycles. The number of aryl methyl sites for hydroxylation is 1. The number of methoxy groups -OCH3 is 1. The van der Waals surface area contributed by atoms with Gasteiger partial charge < -0.3 is 19.5 Å². The molecule has 1 amide bonds. The lowest BCUT2D eigenvalue weighted by molar-refractivity contribution is -0.138. The number of aliphatic hydroxyl groups is 1. The van der Waals surface area contributed by atoms with Gasteiger partial charge >= 0.3 is 0 Å². The van der Waals surface area contributed by atoms with Gasteiger partial charge in [-0.15, -0.1) is 0 Å². The number of aliphatic hydroxyl groups excluding tert-OH is 1. The Morgan fingerprint density at radius 1 is 1.30 bits per heavy atom. The Balaban J connectivity index is 2.31. The molecule has 1 aliphatic carbocycles. The molecule has 0 spiro atoms. The molecule has 1 aliphatic rings. The summed E-state index contributed by atoms with van der Waals surface area (Å²) in [6.07, 6.45) is 1.07. The zero-order valence-corrected chi connectivity index (χ0v) is 17.7. The number of benzene rings is 1. The third-order valence-corrected chi connectivity index (χ3v) is 6.00. The highest BCUT2D eigenvalue weighted by Crippen LogP contribution is 2.44. The molecule has 0 heterocycles. The van der Waals surface area contributed by atoms with Crippen LogP contribution in [-0.4, -0.2) is 49.3 Å². The fourth-order valence-electron chi connectivity index (χ4n) is 4.29. The molecule has 0 saturated heterocycles. The quantitative estimate of drug-likeness (QED) is 0.705. The van der Waals surface area contributed by atoms with Crippen LogP contribution in [0.25, 0.3) is 0 Å². The van der Waals surface area contributed by atoms with Crippen LogP contribution in [0.15, 0.2) is 6.07 Å². The molecule has 1 N–H and O–H groups in total. The molecule has 2 rings (SSSR count). The van der Waals surface area contributed by atoms with Crippen molar-refractivity contribution in [2.24, 2.45) is 11.8 Å². The molecule has 0 saturated carbocycles. The minimum Gasteiger partial charge on any atom is -0.491 e. The van der Waals surface area contributed by atoms with Crippen molar-refractivity contribution in [1.82, 2.24) is 4.90 Å². The van der Waals surface area contributed by atoms with Crippen molar-refractivity contribution in [1.29, 1.82) is 0 Å². The predicted molar refractivity (Wildman–Crippen MR) is 107 cm³/mol. The lowest BCUT2D eigenvalue weighted by Gasteiger charge is -2.37. The summed E-state index contributed by atoms with van der Waals surface area (Å²) in [5.41, 5.74) is 4.28. The molecule has 0 fully saturated rings. The van der Waals surface area contributed by atoms with Gasteiger partial charge in [-0.1, -0.05) is 6.92 Å². The molecule has 0 aromatic heterocycles.